The highest BCUT2D eigenvalue weighted by Crippen LogP contribution is 2.27. The summed E-state index contributed by atoms with van der Waals surface area (Å²) in [5, 5.41) is 1.33. The van der Waals surface area contributed by atoms with Gasteiger partial charge in [-0.1, -0.05) is 18.2 Å². The van der Waals surface area contributed by atoms with Gasteiger partial charge in [0.25, 0.3) is 0 Å². The van der Waals surface area contributed by atoms with E-state index < -0.39 is 0 Å². The van der Waals surface area contributed by atoms with Crippen molar-refractivity contribution in [2.24, 2.45) is 0 Å². The Bertz CT molecular complexity index is 792. The van der Waals surface area contributed by atoms with Gasteiger partial charge in [-0.2, -0.15) is 0 Å². The van der Waals surface area contributed by atoms with Crippen LogP contribution in [0, 0.1) is 6.92 Å². The van der Waals surface area contributed by atoms with Crippen LogP contribution in [-0.2, 0) is 6.54 Å². The lowest BCUT2D eigenvalue weighted by Gasteiger charge is -2.15. The van der Waals surface area contributed by atoms with E-state index in [4.69, 9.17) is 0 Å². The van der Waals surface area contributed by atoms with Crippen LogP contribution in [0.25, 0.3) is 10.9 Å². The monoisotopic (exact) mass is 292 g/mol. The molecular formula is C18H20N4. The third-order valence-electron chi connectivity index (χ3n) is 4.52. The predicted octanol–water partition coefficient (Wildman–Crippen LogP) is 3.26. The van der Waals surface area contributed by atoms with Crippen LogP contribution >= 0.6 is 0 Å². The number of para-hydroxylation sites is 1. The van der Waals surface area contributed by atoms with E-state index >= 15 is 0 Å². The number of nitrogens with one attached hydrogen (secondary N) is 1. The average Bonchev–Trinajstić information content (AvgIpc) is 3.16. The van der Waals surface area contributed by atoms with E-state index in [1.807, 2.05) is 19.2 Å². The number of nitrogens with zero attached hydrogens (tertiary/aromatic N) is 3. The van der Waals surface area contributed by atoms with Gasteiger partial charge in [0.2, 0.25) is 0 Å². The number of rotatable bonds is 3. The summed E-state index contributed by atoms with van der Waals surface area (Å²) in [6.45, 7) is 5.18. The molecule has 1 aliphatic heterocycles. The number of benzene rings is 1. The van der Waals surface area contributed by atoms with Crippen LogP contribution in [0.2, 0.25) is 0 Å². The molecule has 112 valence electrons. The number of H-pyrrole nitrogens is 1. The fraction of sp³-hybridized carbons (Fsp3) is 0.333. The van der Waals surface area contributed by atoms with Crippen molar-refractivity contribution in [3.63, 3.8) is 0 Å². The number of aromatic nitrogens is 3. The summed E-state index contributed by atoms with van der Waals surface area (Å²) >= 11 is 0. The molecule has 4 heteroatoms. The summed E-state index contributed by atoms with van der Waals surface area (Å²) in [7, 11) is 0. The quantitative estimate of drug-likeness (QED) is 0.806. The van der Waals surface area contributed by atoms with Gasteiger partial charge in [-0.25, -0.2) is 9.97 Å². The standard InChI is InChI=1S/C18H20N4/c1-13-6-8-19-18(21-13)14-7-9-22(11-14)12-15-10-20-17-5-3-2-4-16(15)17/h2-6,8,10,14,20H,7,9,11-12H2,1H3. The minimum Gasteiger partial charge on any atom is -0.361 e. The highest BCUT2D eigenvalue weighted by Gasteiger charge is 2.26. The Kier molecular flexibility index (Phi) is 3.39. The molecule has 4 rings (SSSR count). The molecule has 0 radical (unpaired) electrons. The highest BCUT2D eigenvalue weighted by molar-refractivity contribution is 5.82. The van der Waals surface area contributed by atoms with E-state index in [0.29, 0.717) is 5.92 Å². The van der Waals surface area contributed by atoms with E-state index in [1.165, 1.54) is 16.5 Å². The molecule has 0 bridgehead atoms. The van der Waals surface area contributed by atoms with Gasteiger partial charge >= 0.3 is 0 Å². The second-order valence-electron chi connectivity index (χ2n) is 6.14. The van der Waals surface area contributed by atoms with Crippen LogP contribution in [0.3, 0.4) is 0 Å². The van der Waals surface area contributed by atoms with Gasteiger partial charge in [0, 0.05) is 48.0 Å². The van der Waals surface area contributed by atoms with Gasteiger partial charge in [0.05, 0.1) is 0 Å². The first-order valence-electron chi connectivity index (χ1n) is 7.86. The van der Waals surface area contributed by atoms with E-state index in [9.17, 15) is 0 Å². The largest absolute Gasteiger partial charge is 0.361 e. The molecule has 0 amide bonds. The summed E-state index contributed by atoms with van der Waals surface area (Å²) in [6.07, 6.45) is 5.16. The smallest absolute Gasteiger partial charge is 0.132 e. The third kappa shape index (κ3) is 2.50. The minimum atomic E-state index is 0.463. The molecule has 3 heterocycles. The topological polar surface area (TPSA) is 44.8 Å². The summed E-state index contributed by atoms with van der Waals surface area (Å²) in [5.41, 5.74) is 3.65. The average molecular weight is 292 g/mol. The lowest BCUT2D eigenvalue weighted by molar-refractivity contribution is 0.327. The summed E-state index contributed by atoms with van der Waals surface area (Å²) in [6, 6.07) is 10.5. The molecule has 0 spiro atoms. The van der Waals surface area contributed by atoms with Gasteiger partial charge in [-0.05, 0) is 37.6 Å². The van der Waals surface area contributed by atoms with Crippen molar-refractivity contribution in [3.8, 4) is 0 Å². The maximum atomic E-state index is 4.59. The molecule has 3 aromatic rings. The molecule has 1 unspecified atom stereocenters. The maximum absolute atomic E-state index is 4.59. The number of fused-ring (bicyclic) bond motifs is 1. The van der Waals surface area contributed by atoms with Crippen LogP contribution in [0.4, 0.5) is 0 Å². The Labute approximate surface area is 130 Å². The van der Waals surface area contributed by atoms with Crippen LogP contribution in [0.15, 0.2) is 42.7 Å². The van der Waals surface area contributed by atoms with Crippen LogP contribution in [0.1, 0.15) is 29.4 Å². The van der Waals surface area contributed by atoms with Crippen molar-refractivity contribution in [3.05, 3.63) is 59.8 Å². The van der Waals surface area contributed by atoms with Crippen molar-refractivity contribution >= 4 is 10.9 Å². The lowest BCUT2D eigenvalue weighted by atomic mass is 10.1. The molecule has 1 atom stereocenters. The molecule has 4 nitrogen and oxygen atoms in total. The van der Waals surface area contributed by atoms with E-state index in [0.717, 1.165) is 37.6 Å². The van der Waals surface area contributed by atoms with Gasteiger partial charge in [-0.3, -0.25) is 4.90 Å². The zero-order valence-electron chi connectivity index (χ0n) is 12.8. The highest BCUT2D eigenvalue weighted by atomic mass is 15.2. The summed E-state index contributed by atoms with van der Waals surface area (Å²) < 4.78 is 0. The number of likely N-dealkylation sites (tertiary alicyclic amines) is 1. The second-order valence-corrected chi connectivity index (χ2v) is 6.14. The number of hydrogen-bond donors (Lipinski definition) is 1. The fourth-order valence-electron chi connectivity index (χ4n) is 3.36. The maximum Gasteiger partial charge on any atom is 0.132 e. The lowest BCUT2D eigenvalue weighted by Crippen LogP contribution is -2.20. The number of hydrogen-bond acceptors (Lipinski definition) is 3. The zero-order chi connectivity index (χ0) is 14.9. The SMILES string of the molecule is Cc1ccnc(C2CCN(Cc3c[nH]c4ccccc34)C2)n1. The Morgan fingerprint density at radius 3 is 3.09 bits per heavy atom. The van der Waals surface area contributed by atoms with Gasteiger partial charge in [0.15, 0.2) is 0 Å². The molecule has 2 aromatic heterocycles. The van der Waals surface area contributed by atoms with Crippen molar-refractivity contribution < 1.29 is 0 Å². The Morgan fingerprint density at radius 1 is 1.27 bits per heavy atom. The number of aromatic amines is 1. The van der Waals surface area contributed by atoms with Crippen LogP contribution in [-0.4, -0.2) is 32.9 Å². The molecule has 1 aromatic carbocycles. The zero-order valence-corrected chi connectivity index (χ0v) is 12.8. The van der Waals surface area contributed by atoms with Gasteiger partial charge in [0.1, 0.15) is 5.82 Å². The molecule has 0 saturated carbocycles. The Balaban J connectivity index is 1.49. The summed E-state index contributed by atoms with van der Waals surface area (Å²) in [4.78, 5) is 14.9. The van der Waals surface area contributed by atoms with Crippen LogP contribution in [0.5, 0.6) is 0 Å². The molecule has 1 fully saturated rings. The van der Waals surface area contributed by atoms with Crippen molar-refractivity contribution in [2.75, 3.05) is 13.1 Å². The molecule has 22 heavy (non-hydrogen) atoms. The Hall–Kier alpha value is -2.20. The van der Waals surface area contributed by atoms with Crippen molar-refractivity contribution in [1.82, 2.24) is 19.9 Å². The van der Waals surface area contributed by atoms with E-state index in [1.54, 1.807) is 0 Å². The molecular weight excluding hydrogens is 272 g/mol. The molecule has 1 aliphatic rings. The fourth-order valence-corrected chi connectivity index (χ4v) is 3.36. The first-order valence-corrected chi connectivity index (χ1v) is 7.86. The Morgan fingerprint density at radius 2 is 2.18 bits per heavy atom. The van der Waals surface area contributed by atoms with E-state index in [-0.39, 0.29) is 0 Å². The predicted molar refractivity (Wildman–Crippen MR) is 87.7 cm³/mol. The van der Waals surface area contributed by atoms with Gasteiger partial charge < -0.3 is 4.98 Å². The second kappa shape index (κ2) is 5.54. The third-order valence-corrected chi connectivity index (χ3v) is 4.52. The number of aryl methyl sites for hydroxylation is 1. The van der Waals surface area contributed by atoms with E-state index in [2.05, 4.69) is 50.3 Å². The summed E-state index contributed by atoms with van der Waals surface area (Å²) in [5.74, 6) is 1.46. The first-order chi connectivity index (χ1) is 10.8. The molecule has 0 aliphatic carbocycles. The first kappa shape index (κ1) is 13.5. The normalized spacial score (nSPS) is 19.0. The van der Waals surface area contributed by atoms with Crippen molar-refractivity contribution in [1.29, 1.82) is 0 Å². The van der Waals surface area contributed by atoms with Crippen molar-refractivity contribution in [2.45, 2.75) is 25.8 Å². The van der Waals surface area contributed by atoms with Gasteiger partial charge in [-0.15, -0.1) is 0 Å². The van der Waals surface area contributed by atoms with Crippen LogP contribution < -0.4 is 0 Å². The molecule has 1 saturated heterocycles. The minimum absolute atomic E-state index is 0.463. The molecule has 1 N–H and O–H groups in total.